The van der Waals surface area contributed by atoms with Gasteiger partial charge in [-0.2, -0.15) is 0 Å². The van der Waals surface area contributed by atoms with Crippen molar-refractivity contribution in [1.29, 1.82) is 0 Å². The van der Waals surface area contributed by atoms with Gasteiger partial charge < -0.3 is 10.2 Å². The van der Waals surface area contributed by atoms with Crippen LogP contribution in [0.25, 0.3) is 0 Å². The van der Waals surface area contributed by atoms with E-state index in [-0.39, 0.29) is 5.91 Å². The summed E-state index contributed by atoms with van der Waals surface area (Å²) in [4.78, 5) is 13.5. The van der Waals surface area contributed by atoms with Gasteiger partial charge in [-0.3, -0.25) is 4.79 Å². The molecule has 3 nitrogen and oxygen atoms in total. The van der Waals surface area contributed by atoms with Crippen molar-refractivity contribution in [2.45, 2.75) is 52.0 Å². The van der Waals surface area contributed by atoms with Crippen LogP contribution in [0.2, 0.25) is 0 Å². The van der Waals surface area contributed by atoms with Gasteiger partial charge in [-0.15, -0.1) is 0 Å². The van der Waals surface area contributed by atoms with Gasteiger partial charge in [0.25, 0.3) is 0 Å². The second-order valence-electron chi connectivity index (χ2n) is 5.64. The predicted octanol–water partition coefficient (Wildman–Crippen LogP) is 3.44. The number of hydrogen-bond acceptors (Lipinski definition) is 2. The van der Waals surface area contributed by atoms with Crippen LogP contribution in [0.1, 0.15) is 56.7 Å². The van der Waals surface area contributed by atoms with Gasteiger partial charge in [0.1, 0.15) is 0 Å². The third-order valence-electron chi connectivity index (χ3n) is 4.07. The number of rotatable bonds is 6. The number of hydrogen-bond donors (Lipinski definition) is 1. The number of benzene rings is 1. The summed E-state index contributed by atoms with van der Waals surface area (Å²) in [6.45, 7) is 5.48. The first-order valence-corrected chi connectivity index (χ1v) is 7.80. The first kappa shape index (κ1) is 15.0. The number of nitrogens with zero attached hydrogens (tertiary/aromatic N) is 1. The number of aryl methyl sites for hydroxylation is 1. The average molecular weight is 274 g/mol. The molecule has 1 atom stereocenters. The molecule has 110 valence electrons. The molecule has 0 spiro atoms. The summed E-state index contributed by atoms with van der Waals surface area (Å²) in [5, 5.41) is 3.63. The van der Waals surface area contributed by atoms with Gasteiger partial charge in [-0.05, 0) is 43.0 Å². The molecule has 0 saturated heterocycles. The van der Waals surface area contributed by atoms with E-state index >= 15 is 0 Å². The molecule has 1 amide bonds. The molecular formula is C17H26N2O. The maximum Gasteiger partial charge on any atom is 0.227 e. The van der Waals surface area contributed by atoms with Crippen molar-refractivity contribution in [3.63, 3.8) is 0 Å². The van der Waals surface area contributed by atoms with Crippen LogP contribution >= 0.6 is 0 Å². The van der Waals surface area contributed by atoms with Gasteiger partial charge in [-0.1, -0.05) is 32.4 Å². The zero-order valence-electron chi connectivity index (χ0n) is 12.9. The van der Waals surface area contributed by atoms with Crippen molar-refractivity contribution in [3.8, 4) is 0 Å². The Bertz CT molecular complexity index is 470. The number of anilines is 1. The van der Waals surface area contributed by atoms with Crippen molar-refractivity contribution >= 4 is 11.6 Å². The minimum atomic E-state index is 0.222. The summed E-state index contributed by atoms with van der Waals surface area (Å²) in [6.07, 6.45) is 5.00. The van der Waals surface area contributed by atoms with Crippen LogP contribution < -0.4 is 10.2 Å². The van der Waals surface area contributed by atoms with Crippen LogP contribution in [0.4, 0.5) is 5.69 Å². The summed E-state index contributed by atoms with van der Waals surface area (Å²) in [5.41, 5.74) is 3.75. The zero-order valence-corrected chi connectivity index (χ0v) is 12.9. The minimum Gasteiger partial charge on any atom is -0.315 e. The molecule has 0 bridgehead atoms. The van der Waals surface area contributed by atoms with E-state index in [1.165, 1.54) is 17.5 Å². The monoisotopic (exact) mass is 274 g/mol. The van der Waals surface area contributed by atoms with Gasteiger partial charge in [0.05, 0.1) is 0 Å². The maximum absolute atomic E-state index is 11.7. The molecule has 0 aromatic heterocycles. The molecule has 20 heavy (non-hydrogen) atoms. The summed E-state index contributed by atoms with van der Waals surface area (Å²) in [6, 6.07) is 7.02. The van der Waals surface area contributed by atoms with Gasteiger partial charge in [-0.25, -0.2) is 0 Å². The highest BCUT2D eigenvalue weighted by molar-refractivity contribution is 5.95. The predicted molar refractivity (Wildman–Crippen MR) is 84.1 cm³/mol. The van der Waals surface area contributed by atoms with Gasteiger partial charge >= 0.3 is 0 Å². The Morgan fingerprint density at radius 1 is 1.25 bits per heavy atom. The largest absolute Gasteiger partial charge is 0.315 e. The molecule has 1 heterocycles. The van der Waals surface area contributed by atoms with Crippen LogP contribution in [-0.2, 0) is 11.2 Å². The number of carbonyl (C=O) groups excluding carboxylic acids is 1. The third-order valence-corrected chi connectivity index (χ3v) is 4.07. The molecule has 1 N–H and O–H groups in total. The van der Waals surface area contributed by atoms with E-state index in [4.69, 9.17) is 0 Å². The molecule has 1 aliphatic rings. The lowest BCUT2D eigenvalue weighted by Gasteiger charge is -2.27. The lowest BCUT2D eigenvalue weighted by molar-refractivity contribution is -0.118. The lowest BCUT2D eigenvalue weighted by Crippen LogP contribution is -2.31. The Morgan fingerprint density at radius 2 is 2.05 bits per heavy atom. The third kappa shape index (κ3) is 3.21. The van der Waals surface area contributed by atoms with Crippen LogP contribution in [0.3, 0.4) is 0 Å². The van der Waals surface area contributed by atoms with Crippen LogP contribution in [0, 0.1) is 0 Å². The van der Waals surface area contributed by atoms with E-state index in [0.717, 1.165) is 31.5 Å². The minimum absolute atomic E-state index is 0.222. The summed E-state index contributed by atoms with van der Waals surface area (Å²) < 4.78 is 0. The van der Waals surface area contributed by atoms with Crippen molar-refractivity contribution < 1.29 is 4.79 Å². The molecule has 0 radical (unpaired) electrons. The summed E-state index contributed by atoms with van der Waals surface area (Å²) >= 11 is 0. The van der Waals surface area contributed by atoms with Crippen molar-refractivity contribution in [1.82, 2.24) is 5.32 Å². The number of fused-ring (bicyclic) bond motifs is 1. The Kier molecular flexibility index (Phi) is 5.18. The fourth-order valence-corrected chi connectivity index (χ4v) is 2.89. The first-order chi connectivity index (χ1) is 9.67. The molecular weight excluding hydrogens is 248 g/mol. The summed E-state index contributed by atoms with van der Waals surface area (Å²) in [7, 11) is 1.87. The van der Waals surface area contributed by atoms with Crippen LogP contribution in [0.5, 0.6) is 0 Å². The number of nitrogens with one attached hydrogen (secondary N) is 1. The maximum atomic E-state index is 11.7. The fraction of sp³-hybridized carbons (Fsp3) is 0.588. The SMILES string of the molecule is CCCNC(CCC)c1ccc2c(c1)CCC(=O)N2C. The smallest absolute Gasteiger partial charge is 0.227 e. The van der Waals surface area contributed by atoms with Gasteiger partial charge in [0.2, 0.25) is 5.91 Å². The van der Waals surface area contributed by atoms with E-state index in [9.17, 15) is 4.79 Å². The Hall–Kier alpha value is -1.35. The molecule has 0 saturated carbocycles. The van der Waals surface area contributed by atoms with Crippen molar-refractivity contribution in [2.75, 3.05) is 18.5 Å². The second kappa shape index (κ2) is 6.89. The van der Waals surface area contributed by atoms with Crippen molar-refractivity contribution in [3.05, 3.63) is 29.3 Å². The molecule has 0 fully saturated rings. The lowest BCUT2D eigenvalue weighted by atomic mass is 9.94. The number of carbonyl (C=O) groups is 1. The van der Waals surface area contributed by atoms with Crippen LogP contribution in [0.15, 0.2) is 18.2 Å². The van der Waals surface area contributed by atoms with Crippen LogP contribution in [-0.4, -0.2) is 19.5 Å². The average Bonchev–Trinajstić information content (AvgIpc) is 2.47. The topological polar surface area (TPSA) is 32.3 Å². The Morgan fingerprint density at radius 3 is 2.75 bits per heavy atom. The quantitative estimate of drug-likeness (QED) is 0.862. The van der Waals surface area contributed by atoms with Gasteiger partial charge in [0, 0.05) is 25.2 Å². The van der Waals surface area contributed by atoms with Gasteiger partial charge in [0.15, 0.2) is 0 Å². The molecule has 1 unspecified atom stereocenters. The second-order valence-corrected chi connectivity index (χ2v) is 5.64. The first-order valence-electron chi connectivity index (χ1n) is 7.80. The fourth-order valence-electron chi connectivity index (χ4n) is 2.89. The zero-order chi connectivity index (χ0) is 14.5. The summed E-state index contributed by atoms with van der Waals surface area (Å²) in [5.74, 6) is 0.222. The normalized spacial score (nSPS) is 16.1. The van der Waals surface area contributed by atoms with E-state index < -0.39 is 0 Å². The number of amides is 1. The molecule has 1 aromatic carbocycles. The molecule has 3 heteroatoms. The Balaban J connectivity index is 2.22. The molecule has 2 rings (SSSR count). The Labute approximate surface area is 122 Å². The highest BCUT2D eigenvalue weighted by Gasteiger charge is 2.22. The molecule has 0 aliphatic carbocycles. The van der Waals surface area contributed by atoms with E-state index in [0.29, 0.717) is 12.5 Å². The van der Waals surface area contributed by atoms with E-state index in [1.54, 1.807) is 4.90 Å². The standard InChI is InChI=1S/C17H26N2O/c1-4-6-15(18-11-5-2)13-7-9-16-14(12-13)8-10-17(20)19(16)3/h7,9,12,15,18H,4-6,8,10-11H2,1-3H3. The highest BCUT2D eigenvalue weighted by atomic mass is 16.2. The van der Waals surface area contributed by atoms with Crippen molar-refractivity contribution in [2.24, 2.45) is 0 Å². The molecule has 1 aliphatic heterocycles. The van der Waals surface area contributed by atoms with E-state index in [2.05, 4.69) is 37.4 Å². The van der Waals surface area contributed by atoms with E-state index in [1.807, 2.05) is 7.05 Å². The highest BCUT2D eigenvalue weighted by Crippen LogP contribution is 2.30. The molecule has 1 aromatic rings.